The van der Waals surface area contributed by atoms with E-state index in [0.717, 1.165) is 6.54 Å². The second-order valence-electron chi connectivity index (χ2n) is 6.62. The first-order valence-corrected chi connectivity index (χ1v) is 8.66. The fourth-order valence-electron chi connectivity index (χ4n) is 3.64. The van der Waals surface area contributed by atoms with E-state index in [1.165, 1.54) is 33.0 Å². The SMILES string of the molecule is COc1ccc(Oc2ccc(C(=O)NC3CN4CCC3CC4)cc2)o1. The van der Waals surface area contributed by atoms with Crippen LogP contribution in [0.1, 0.15) is 23.2 Å². The lowest BCUT2D eigenvalue weighted by atomic mass is 9.84. The van der Waals surface area contributed by atoms with Gasteiger partial charge in [-0.05, 0) is 56.1 Å². The molecule has 3 saturated heterocycles. The number of amides is 1. The summed E-state index contributed by atoms with van der Waals surface area (Å²) in [5.41, 5.74) is 0.640. The first-order chi connectivity index (χ1) is 12.2. The molecule has 132 valence electrons. The van der Waals surface area contributed by atoms with Gasteiger partial charge in [-0.1, -0.05) is 0 Å². The Kier molecular flexibility index (Phi) is 4.36. The van der Waals surface area contributed by atoms with Gasteiger partial charge in [-0.2, -0.15) is 0 Å². The van der Waals surface area contributed by atoms with Crippen molar-refractivity contribution in [2.45, 2.75) is 18.9 Å². The number of methoxy groups -OCH3 is 1. The van der Waals surface area contributed by atoms with E-state index in [1.54, 1.807) is 36.4 Å². The van der Waals surface area contributed by atoms with Crippen molar-refractivity contribution < 1.29 is 18.7 Å². The van der Waals surface area contributed by atoms with E-state index >= 15 is 0 Å². The van der Waals surface area contributed by atoms with Gasteiger partial charge in [0.25, 0.3) is 17.8 Å². The molecule has 1 amide bonds. The zero-order chi connectivity index (χ0) is 17.2. The minimum atomic E-state index is -0.0232. The van der Waals surface area contributed by atoms with Gasteiger partial charge in [-0.15, -0.1) is 0 Å². The molecule has 0 saturated carbocycles. The second kappa shape index (κ2) is 6.80. The molecule has 3 aliphatic rings. The van der Waals surface area contributed by atoms with E-state index in [-0.39, 0.29) is 11.9 Å². The van der Waals surface area contributed by atoms with Crippen LogP contribution in [-0.4, -0.2) is 43.6 Å². The molecule has 2 bridgehead atoms. The molecule has 1 atom stereocenters. The second-order valence-corrected chi connectivity index (χ2v) is 6.62. The number of fused-ring (bicyclic) bond motifs is 3. The molecule has 0 spiro atoms. The predicted molar refractivity (Wildman–Crippen MR) is 92.2 cm³/mol. The van der Waals surface area contributed by atoms with Gasteiger partial charge in [0.05, 0.1) is 7.11 Å². The van der Waals surface area contributed by atoms with Crippen LogP contribution in [0.4, 0.5) is 0 Å². The van der Waals surface area contributed by atoms with Crippen molar-refractivity contribution in [3.05, 3.63) is 42.0 Å². The summed E-state index contributed by atoms with van der Waals surface area (Å²) < 4.78 is 15.9. The molecule has 5 rings (SSSR count). The molecule has 4 heterocycles. The summed E-state index contributed by atoms with van der Waals surface area (Å²) in [5.74, 6) is 1.94. The zero-order valence-corrected chi connectivity index (χ0v) is 14.2. The summed E-state index contributed by atoms with van der Waals surface area (Å²) in [7, 11) is 1.53. The van der Waals surface area contributed by atoms with Crippen LogP contribution in [0.25, 0.3) is 0 Å². The average molecular weight is 342 g/mol. The highest BCUT2D eigenvalue weighted by Gasteiger charge is 2.34. The van der Waals surface area contributed by atoms with E-state index in [2.05, 4.69) is 10.2 Å². The molecule has 6 heteroatoms. The normalized spacial score (nSPS) is 24.8. The Morgan fingerprint density at radius 1 is 1.12 bits per heavy atom. The molecule has 3 fully saturated rings. The maximum absolute atomic E-state index is 12.5. The number of carbonyl (C=O) groups excluding carboxylic acids is 1. The molecule has 1 N–H and O–H groups in total. The maximum atomic E-state index is 12.5. The molecular formula is C19H22N2O4. The van der Waals surface area contributed by atoms with Crippen LogP contribution >= 0.6 is 0 Å². The van der Waals surface area contributed by atoms with Gasteiger partial charge in [0, 0.05) is 30.3 Å². The Hall–Kier alpha value is -2.47. The molecule has 3 aliphatic heterocycles. The van der Waals surface area contributed by atoms with Crippen molar-refractivity contribution in [2.24, 2.45) is 5.92 Å². The third-order valence-electron chi connectivity index (χ3n) is 5.07. The summed E-state index contributed by atoms with van der Waals surface area (Å²) in [6.45, 7) is 3.30. The van der Waals surface area contributed by atoms with Crippen molar-refractivity contribution in [1.82, 2.24) is 10.2 Å². The topological polar surface area (TPSA) is 63.9 Å². The first kappa shape index (κ1) is 16.0. The Bertz CT molecular complexity index is 732. The van der Waals surface area contributed by atoms with Crippen LogP contribution in [-0.2, 0) is 0 Å². The Morgan fingerprint density at radius 3 is 2.44 bits per heavy atom. The molecule has 25 heavy (non-hydrogen) atoms. The zero-order valence-electron chi connectivity index (χ0n) is 14.2. The van der Waals surface area contributed by atoms with Crippen molar-refractivity contribution >= 4 is 5.91 Å². The van der Waals surface area contributed by atoms with Crippen LogP contribution in [0.3, 0.4) is 0 Å². The number of ether oxygens (including phenoxy) is 2. The monoisotopic (exact) mass is 342 g/mol. The highest BCUT2D eigenvalue weighted by Crippen LogP contribution is 2.29. The smallest absolute Gasteiger partial charge is 0.292 e. The summed E-state index contributed by atoms with van der Waals surface area (Å²) in [6.07, 6.45) is 2.37. The van der Waals surface area contributed by atoms with E-state index in [4.69, 9.17) is 13.9 Å². The number of hydrogen-bond donors (Lipinski definition) is 1. The summed E-state index contributed by atoms with van der Waals surface area (Å²) in [5, 5.41) is 3.19. The Labute approximate surface area is 146 Å². The average Bonchev–Trinajstić information content (AvgIpc) is 3.11. The lowest BCUT2D eigenvalue weighted by molar-refractivity contribution is 0.0620. The molecule has 0 aliphatic carbocycles. The number of furan rings is 1. The van der Waals surface area contributed by atoms with Gasteiger partial charge < -0.3 is 24.1 Å². The minimum absolute atomic E-state index is 0.0232. The van der Waals surface area contributed by atoms with Crippen molar-refractivity contribution in [2.75, 3.05) is 26.7 Å². The van der Waals surface area contributed by atoms with Crippen LogP contribution in [0.5, 0.6) is 17.6 Å². The fraction of sp³-hybridized carbons (Fsp3) is 0.421. The van der Waals surface area contributed by atoms with Gasteiger partial charge >= 0.3 is 0 Å². The molecular weight excluding hydrogens is 320 g/mol. The standard InChI is InChI=1S/C19H22N2O4/c1-23-17-6-7-18(25-17)24-15-4-2-14(3-5-15)19(22)20-16-12-21-10-8-13(16)9-11-21/h2-7,13,16H,8-12H2,1H3,(H,20,22). The van der Waals surface area contributed by atoms with E-state index < -0.39 is 0 Å². The third kappa shape index (κ3) is 3.49. The molecule has 1 aromatic heterocycles. The van der Waals surface area contributed by atoms with Gasteiger partial charge in [-0.3, -0.25) is 4.79 Å². The molecule has 1 unspecified atom stereocenters. The number of nitrogens with zero attached hydrogens (tertiary/aromatic N) is 1. The predicted octanol–water partition coefficient (Wildman–Crippen LogP) is 2.90. The van der Waals surface area contributed by atoms with E-state index in [1.807, 2.05) is 0 Å². The van der Waals surface area contributed by atoms with Gasteiger partial charge in [0.15, 0.2) is 0 Å². The summed E-state index contributed by atoms with van der Waals surface area (Å²) >= 11 is 0. The number of hydrogen-bond acceptors (Lipinski definition) is 5. The number of piperidine rings is 3. The van der Waals surface area contributed by atoms with Crippen LogP contribution in [0.15, 0.2) is 40.8 Å². The van der Waals surface area contributed by atoms with E-state index in [0.29, 0.717) is 29.1 Å². The van der Waals surface area contributed by atoms with Gasteiger partial charge in [0.2, 0.25) is 0 Å². The van der Waals surface area contributed by atoms with Gasteiger partial charge in [-0.25, -0.2) is 0 Å². The summed E-state index contributed by atoms with van der Waals surface area (Å²) in [6, 6.07) is 10.7. The van der Waals surface area contributed by atoms with Crippen molar-refractivity contribution in [1.29, 1.82) is 0 Å². The van der Waals surface area contributed by atoms with Crippen molar-refractivity contribution in [3.8, 4) is 17.6 Å². The Morgan fingerprint density at radius 2 is 1.84 bits per heavy atom. The number of nitrogens with one attached hydrogen (secondary N) is 1. The summed E-state index contributed by atoms with van der Waals surface area (Å²) in [4.78, 5) is 14.9. The highest BCUT2D eigenvalue weighted by molar-refractivity contribution is 5.94. The number of benzene rings is 1. The van der Waals surface area contributed by atoms with Gasteiger partial charge in [0.1, 0.15) is 5.75 Å². The quantitative estimate of drug-likeness (QED) is 0.905. The third-order valence-corrected chi connectivity index (χ3v) is 5.07. The van der Waals surface area contributed by atoms with E-state index in [9.17, 15) is 4.79 Å². The number of rotatable bonds is 5. The lowest BCUT2D eigenvalue weighted by Gasteiger charge is -2.44. The van der Waals surface area contributed by atoms with Crippen LogP contribution in [0.2, 0.25) is 0 Å². The highest BCUT2D eigenvalue weighted by atomic mass is 16.6. The fourth-order valence-corrected chi connectivity index (χ4v) is 3.64. The molecule has 2 aromatic rings. The number of carbonyl (C=O) groups is 1. The minimum Gasteiger partial charge on any atom is -0.468 e. The lowest BCUT2D eigenvalue weighted by Crippen LogP contribution is -2.57. The van der Waals surface area contributed by atoms with Crippen LogP contribution in [0, 0.1) is 5.92 Å². The molecule has 0 radical (unpaired) electrons. The Balaban J connectivity index is 1.37. The molecule has 1 aromatic carbocycles. The molecule has 6 nitrogen and oxygen atoms in total. The maximum Gasteiger partial charge on any atom is 0.292 e. The van der Waals surface area contributed by atoms with Crippen molar-refractivity contribution in [3.63, 3.8) is 0 Å². The first-order valence-electron chi connectivity index (χ1n) is 8.66. The largest absolute Gasteiger partial charge is 0.468 e. The van der Waals surface area contributed by atoms with Crippen LogP contribution < -0.4 is 14.8 Å².